The number of hydrogen-bond donors (Lipinski definition) is 1. The fraction of sp³-hybridized carbons (Fsp3) is 0.421. The Bertz CT molecular complexity index is 894. The van der Waals surface area contributed by atoms with Crippen LogP contribution >= 0.6 is 0 Å². The second-order valence-corrected chi connectivity index (χ2v) is 6.94. The van der Waals surface area contributed by atoms with E-state index < -0.39 is 0 Å². The molecular weight excluding hydrogens is 328 g/mol. The van der Waals surface area contributed by atoms with Gasteiger partial charge in [-0.3, -0.25) is 4.68 Å². The van der Waals surface area contributed by atoms with Crippen LogP contribution in [-0.2, 0) is 6.42 Å². The zero-order chi connectivity index (χ0) is 18.1. The number of rotatable bonds is 4. The molecule has 7 nitrogen and oxygen atoms in total. The first-order valence-electron chi connectivity index (χ1n) is 9.08. The van der Waals surface area contributed by atoms with Gasteiger partial charge in [0.05, 0.1) is 17.4 Å². The number of aromatic nitrogens is 4. The fourth-order valence-corrected chi connectivity index (χ4v) is 3.66. The van der Waals surface area contributed by atoms with Gasteiger partial charge < -0.3 is 14.6 Å². The third-order valence-corrected chi connectivity index (χ3v) is 4.91. The number of hydrogen-bond acceptors (Lipinski definition) is 3. The summed E-state index contributed by atoms with van der Waals surface area (Å²) in [5.74, 6) is 0. The summed E-state index contributed by atoms with van der Waals surface area (Å²) in [6.07, 6.45) is 5.66. The Morgan fingerprint density at radius 1 is 1.35 bits per heavy atom. The molecular formula is C19H24N6O. The lowest BCUT2D eigenvalue weighted by atomic mass is 10.2. The van der Waals surface area contributed by atoms with E-state index in [0.29, 0.717) is 13.1 Å². The number of amides is 2. The van der Waals surface area contributed by atoms with Gasteiger partial charge >= 0.3 is 6.03 Å². The summed E-state index contributed by atoms with van der Waals surface area (Å²) < 4.78 is 4.05. The number of urea groups is 1. The lowest BCUT2D eigenvalue weighted by Crippen LogP contribution is -2.39. The molecule has 1 atom stereocenters. The van der Waals surface area contributed by atoms with E-state index in [0.717, 1.165) is 42.1 Å². The Morgan fingerprint density at radius 3 is 3.00 bits per heavy atom. The molecule has 0 bridgehead atoms. The Kier molecular flexibility index (Phi) is 4.36. The average Bonchev–Trinajstić information content (AvgIpc) is 3.32. The third-order valence-electron chi connectivity index (χ3n) is 4.91. The molecule has 136 valence electrons. The highest BCUT2D eigenvalue weighted by molar-refractivity contribution is 5.74. The average molecular weight is 352 g/mol. The molecule has 0 saturated carbocycles. The molecule has 0 aliphatic carbocycles. The van der Waals surface area contributed by atoms with E-state index >= 15 is 0 Å². The minimum Gasteiger partial charge on any atom is -0.338 e. The minimum atomic E-state index is -0.00204. The first-order chi connectivity index (χ1) is 12.6. The van der Waals surface area contributed by atoms with Gasteiger partial charge in [-0.15, -0.1) is 0 Å². The highest BCUT2D eigenvalue weighted by Gasteiger charge is 2.28. The van der Waals surface area contributed by atoms with Gasteiger partial charge in [-0.25, -0.2) is 9.78 Å². The first kappa shape index (κ1) is 16.6. The van der Waals surface area contributed by atoms with Crippen LogP contribution in [0.2, 0.25) is 0 Å². The minimum absolute atomic E-state index is 0.00204. The first-order valence-corrected chi connectivity index (χ1v) is 9.08. The van der Waals surface area contributed by atoms with Crippen LogP contribution in [0, 0.1) is 13.8 Å². The maximum atomic E-state index is 12.4. The van der Waals surface area contributed by atoms with Crippen molar-refractivity contribution >= 4 is 11.7 Å². The topological polar surface area (TPSA) is 67.5 Å². The SMILES string of the molecule is Cc1cc(C)n(C2CCN(C(=O)NCCc3cn4ccccc4n3)C2)n1. The summed E-state index contributed by atoms with van der Waals surface area (Å²) in [6.45, 7) is 6.13. The van der Waals surface area contributed by atoms with Crippen molar-refractivity contribution in [3.63, 3.8) is 0 Å². The standard InChI is InChI=1S/C19H24N6O/c1-14-11-15(2)25(22-14)17-7-10-24(13-17)19(26)20-8-6-16-12-23-9-4-3-5-18(23)21-16/h3-5,9,11-12,17H,6-8,10,13H2,1-2H3,(H,20,26). The molecule has 3 aromatic heterocycles. The Balaban J connectivity index is 1.29. The van der Waals surface area contributed by atoms with E-state index in [1.165, 1.54) is 0 Å². The molecule has 1 unspecified atom stereocenters. The van der Waals surface area contributed by atoms with Crippen molar-refractivity contribution < 1.29 is 4.79 Å². The smallest absolute Gasteiger partial charge is 0.317 e. The molecule has 0 radical (unpaired) electrons. The second-order valence-electron chi connectivity index (χ2n) is 6.94. The lowest BCUT2D eigenvalue weighted by molar-refractivity contribution is 0.207. The summed E-state index contributed by atoms with van der Waals surface area (Å²) in [5, 5.41) is 7.57. The Labute approximate surface area is 152 Å². The highest BCUT2D eigenvalue weighted by Crippen LogP contribution is 2.22. The van der Waals surface area contributed by atoms with Gasteiger partial charge in [0.25, 0.3) is 0 Å². The number of nitrogens with one attached hydrogen (secondary N) is 1. The number of pyridine rings is 1. The van der Waals surface area contributed by atoms with Crippen molar-refractivity contribution in [2.45, 2.75) is 32.7 Å². The van der Waals surface area contributed by atoms with Crippen LogP contribution in [0.5, 0.6) is 0 Å². The molecule has 4 rings (SSSR count). The normalized spacial score (nSPS) is 17.2. The molecule has 1 aliphatic heterocycles. The number of carbonyl (C=O) groups is 1. The summed E-state index contributed by atoms with van der Waals surface area (Å²) >= 11 is 0. The van der Waals surface area contributed by atoms with E-state index in [-0.39, 0.29) is 12.1 Å². The predicted octanol–water partition coefficient (Wildman–Crippen LogP) is 2.35. The van der Waals surface area contributed by atoms with Crippen LogP contribution in [0.15, 0.2) is 36.7 Å². The molecule has 26 heavy (non-hydrogen) atoms. The zero-order valence-electron chi connectivity index (χ0n) is 15.2. The molecule has 0 aromatic carbocycles. The summed E-state index contributed by atoms with van der Waals surface area (Å²) in [6, 6.07) is 8.28. The number of likely N-dealkylation sites (tertiary alicyclic amines) is 1. The van der Waals surface area contributed by atoms with Gasteiger partial charge in [-0.1, -0.05) is 6.07 Å². The van der Waals surface area contributed by atoms with Gasteiger partial charge in [0.2, 0.25) is 0 Å². The molecule has 7 heteroatoms. The fourth-order valence-electron chi connectivity index (χ4n) is 3.66. The number of aryl methyl sites for hydroxylation is 2. The van der Waals surface area contributed by atoms with E-state index in [1.807, 2.05) is 46.8 Å². The molecule has 0 spiro atoms. The molecule has 2 amide bonds. The van der Waals surface area contributed by atoms with Gasteiger partial charge in [0, 0.05) is 44.1 Å². The number of carbonyl (C=O) groups excluding carboxylic acids is 1. The Morgan fingerprint density at radius 2 is 2.23 bits per heavy atom. The monoisotopic (exact) mass is 352 g/mol. The maximum Gasteiger partial charge on any atom is 0.317 e. The molecule has 1 saturated heterocycles. The van der Waals surface area contributed by atoms with Crippen LogP contribution in [0.1, 0.15) is 29.5 Å². The van der Waals surface area contributed by atoms with Gasteiger partial charge in [0.1, 0.15) is 5.65 Å². The molecule has 1 fully saturated rings. The van der Waals surface area contributed by atoms with E-state index in [4.69, 9.17) is 0 Å². The van der Waals surface area contributed by atoms with Crippen LogP contribution < -0.4 is 5.32 Å². The third kappa shape index (κ3) is 3.29. The quantitative estimate of drug-likeness (QED) is 0.784. The van der Waals surface area contributed by atoms with Crippen LogP contribution in [0.3, 0.4) is 0 Å². The number of imidazole rings is 1. The van der Waals surface area contributed by atoms with Crippen molar-refractivity contribution in [2.24, 2.45) is 0 Å². The number of nitrogens with zero attached hydrogens (tertiary/aromatic N) is 5. The van der Waals surface area contributed by atoms with Gasteiger partial charge in [-0.05, 0) is 38.5 Å². The van der Waals surface area contributed by atoms with Crippen LogP contribution in [-0.4, -0.2) is 49.7 Å². The number of fused-ring (bicyclic) bond motifs is 1. The molecule has 4 heterocycles. The summed E-state index contributed by atoms with van der Waals surface area (Å²) in [7, 11) is 0. The van der Waals surface area contributed by atoms with Gasteiger partial charge in [0.15, 0.2) is 0 Å². The second kappa shape index (κ2) is 6.82. The summed E-state index contributed by atoms with van der Waals surface area (Å²) in [4.78, 5) is 18.9. The highest BCUT2D eigenvalue weighted by atomic mass is 16.2. The largest absolute Gasteiger partial charge is 0.338 e. The van der Waals surface area contributed by atoms with Crippen LogP contribution in [0.4, 0.5) is 4.79 Å². The maximum absolute atomic E-state index is 12.4. The van der Waals surface area contributed by atoms with E-state index in [1.54, 1.807) is 0 Å². The van der Waals surface area contributed by atoms with Crippen molar-refractivity contribution in [2.75, 3.05) is 19.6 Å². The molecule has 1 N–H and O–H groups in total. The molecule has 3 aromatic rings. The zero-order valence-corrected chi connectivity index (χ0v) is 15.2. The van der Waals surface area contributed by atoms with E-state index in [9.17, 15) is 4.79 Å². The Hall–Kier alpha value is -2.83. The predicted molar refractivity (Wildman–Crippen MR) is 99.2 cm³/mol. The van der Waals surface area contributed by atoms with Crippen molar-refractivity contribution in [3.05, 3.63) is 53.7 Å². The van der Waals surface area contributed by atoms with Crippen molar-refractivity contribution in [1.82, 2.24) is 29.4 Å². The van der Waals surface area contributed by atoms with Crippen molar-refractivity contribution in [3.8, 4) is 0 Å². The van der Waals surface area contributed by atoms with Crippen molar-refractivity contribution in [1.29, 1.82) is 0 Å². The lowest BCUT2D eigenvalue weighted by Gasteiger charge is -2.18. The van der Waals surface area contributed by atoms with Gasteiger partial charge in [-0.2, -0.15) is 5.10 Å². The van der Waals surface area contributed by atoms with Crippen LogP contribution in [0.25, 0.3) is 5.65 Å². The van der Waals surface area contributed by atoms with E-state index in [2.05, 4.69) is 33.1 Å². The molecule has 1 aliphatic rings. The summed E-state index contributed by atoms with van der Waals surface area (Å²) in [5.41, 5.74) is 4.10.